The van der Waals surface area contributed by atoms with Gasteiger partial charge in [-0.15, -0.1) is 0 Å². The molecule has 1 aromatic heterocycles. The zero-order valence-electron chi connectivity index (χ0n) is 20.6. The first kappa shape index (κ1) is 22.4. The number of aromatic nitrogens is 2. The first-order chi connectivity index (χ1) is 17.3. The van der Waals surface area contributed by atoms with Crippen molar-refractivity contribution < 1.29 is 0 Å². The third kappa shape index (κ3) is 4.04. The van der Waals surface area contributed by atoms with E-state index in [0.717, 1.165) is 42.5 Å². The van der Waals surface area contributed by atoms with Gasteiger partial charge in [-0.05, 0) is 42.9 Å². The number of likely N-dealkylation sites (tertiary alicyclic amines) is 1. The fourth-order valence-corrected chi connectivity index (χ4v) is 6.77. The molecule has 4 nitrogen and oxygen atoms in total. The molecule has 0 bridgehead atoms. The predicted octanol–water partition coefficient (Wildman–Crippen LogP) is 7.17. The van der Waals surface area contributed by atoms with Crippen LogP contribution in [0, 0.1) is 0 Å². The Labute approximate surface area is 208 Å². The first-order valence-corrected chi connectivity index (χ1v) is 13.4. The van der Waals surface area contributed by atoms with Crippen molar-refractivity contribution in [1.82, 2.24) is 14.5 Å². The van der Waals surface area contributed by atoms with Crippen LogP contribution < -0.4 is 5.73 Å². The van der Waals surface area contributed by atoms with Gasteiger partial charge in [0.15, 0.2) is 0 Å². The Morgan fingerprint density at radius 3 is 2.09 bits per heavy atom. The third-order valence-electron chi connectivity index (χ3n) is 8.51. The van der Waals surface area contributed by atoms with Crippen LogP contribution in [0.1, 0.15) is 63.0 Å². The minimum absolute atomic E-state index is 0.186. The normalized spacial score (nSPS) is 19.5. The fraction of sp³-hybridized carbons (Fsp3) is 0.387. The first-order valence-electron chi connectivity index (χ1n) is 13.4. The summed E-state index contributed by atoms with van der Waals surface area (Å²) >= 11 is 0. The van der Waals surface area contributed by atoms with Gasteiger partial charge in [0.05, 0.1) is 11.0 Å². The molecule has 0 amide bonds. The van der Waals surface area contributed by atoms with Gasteiger partial charge in [-0.1, -0.05) is 98.5 Å². The van der Waals surface area contributed by atoms with Crippen LogP contribution in [0.2, 0.25) is 0 Å². The maximum Gasteiger partial charge on any atom is 0.201 e. The molecule has 2 fully saturated rings. The lowest BCUT2D eigenvalue weighted by Crippen LogP contribution is -2.50. The molecule has 1 aliphatic heterocycles. The van der Waals surface area contributed by atoms with Crippen LogP contribution in [-0.4, -0.2) is 27.5 Å². The second-order valence-electron chi connectivity index (χ2n) is 10.4. The number of rotatable bonds is 4. The summed E-state index contributed by atoms with van der Waals surface area (Å²) in [4.78, 5) is 7.69. The highest BCUT2D eigenvalue weighted by atomic mass is 15.2. The average Bonchev–Trinajstić information content (AvgIpc) is 3.08. The molecule has 0 spiro atoms. The minimum atomic E-state index is 0.186. The maximum absolute atomic E-state index is 6.58. The van der Waals surface area contributed by atoms with Crippen molar-refractivity contribution >= 4 is 17.0 Å². The molecule has 0 unspecified atom stereocenters. The molecule has 4 aromatic rings. The van der Waals surface area contributed by atoms with E-state index in [9.17, 15) is 0 Å². The van der Waals surface area contributed by atoms with E-state index in [1.54, 1.807) is 0 Å². The number of hydrogen-bond acceptors (Lipinski definition) is 3. The van der Waals surface area contributed by atoms with Gasteiger partial charge in [0.25, 0.3) is 0 Å². The number of nitrogens with two attached hydrogens (primary N) is 1. The Morgan fingerprint density at radius 1 is 0.743 bits per heavy atom. The lowest BCUT2D eigenvalue weighted by Gasteiger charge is -2.48. The van der Waals surface area contributed by atoms with E-state index in [4.69, 9.17) is 10.7 Å². The van der Waals surface area contributed by atoms with Crippen LogP contribution in [0.5, 0.6) is 0 Å². The topological polar surface area (TPSA) is 47.1 Å². The summed E-state index contributed by atoms with van der Waals surface area (Å²) in [7, 11) is 0. The lowest BCUT2D eigenvalue weighted by atomic mass is 9.79. The molecule has 35 heavy (non-hydrogen) atoms. The maximum atomic E-state index is 6.58. The Bertz CT molecular complexity index is 1260. The Kier molecular flexibility index (Phi) is 6.07. The van der Waals surface area contributed by atoms with E-state index < -0.39 is 0 Å². The van der Waals surface area contributed by atoms with E-state index in [2.05, 4.69) is 88.3 Å². The van der Waals surface area contributed by atoms with Crippen LogP contribution in [0.25, 0.3) is 22.2 Å². The van der Waals surface area contributed by atoms with Crippen molar-refractivity contribution in [2.75, 3.05) is 18.8 Å². The third-order valence-corrected chi connectivity index (χ3v) is 8.51. The molecule has 2 heterocycles. The molecular weight excluding hydrogens is 428 g/mol. The number of benzene rings is 3. The zero-order valence-corrected chi connectivity index (χ0v) is 20.6. The summed E-state index contributed by atoms with van der Waals surface area (Å²) in [6.45, 7) is 2.22. The zero-order chi connectivity index (χ0) is 23.7. The summed E-state index contributed by atoms with van der Waals surface area (Å²) in [6, 6.07) is 28.7. The molecule has 2 N–H and O–H groups in total. The number of nitrogen functional groups attached to an aromatic ring is 1. The quantitative estimate of drug-likeness (QED) is 0.326. The number of anilines is 1. The summed E-state index contributed by atoms with van der Waals surface area (Å²) in [5.74, 6) is 0.647. The minimum Gasteiger partial charge on any atom is -0.369 e. The Hall–Kier alpha value is -3.11. The number of imidazole rings is 1. The van der Waals surface area contributed by atoms with Gasteiger partial charge < -0.3 is 10.3 Å². The van der Waals surface area contributed by atoms with E-state index >= 15 is 0 Å². The van der Waals surface area contributed by atoms with Crippen molar-refractivity contribution in [3.8, 4) is 11.1 Å². The van der Waals surface area contributed by atoms with Gasteiger partial charge in [0.2, 0.25) is 5.95 Å². The van der Waals surface area contributed by atoms with E-state index in [1.807, 2.05) is 0 Å². The molecule has 1 saturated heterocycles. The summed E-state index contributed by atoms with van der Waals surface area (Å²) in [6.07, 6.45) is 10.2. The number of piperidine rings is 1. The smallest absolute Gasteiger partial charge is 0.201 e. The van der Waals surface area contributed by atoms with Crippen LogP contribution in [0.3, 0.4) is 0 Å². The molecule has 6 rings (SSSR count). The fourth-order valence-electron chi connectivity index (χ4n) is 6.77. The van der Waals surface area contributed by atoms with Crippen molar-refractivity contribution in [2.45, 2.75) is 62.9 Å². The second kappa shape index (κ2) is 9.50. The van der Waals surface area contributed by atoms with Crippen molar-refractivity contribution in [3.63, 3.8) is 0 Å². The van der Waals surface area contributed by atoms with Gasteiger partial charge in [-0.2, -0.15) is 0 Å². The highest BCUT2D eigenvalue weighted by molar-refractivity contribution is 5.93. The van der Waals surface area contributed by atoms with E-state index in [0.29, 0.717) is 12.0 Å². The molecular formula is C31H36N4. The van der Waals surface area contributed by atoms with Crippen LogP contribution in [-0.2, 0) is 5.54 Å². The average molecular weight is 465 g/mol. The summed E-state index contributed by atoms with van der Waals surface area (Å²) in [5.41, 5.74) is 12.8. The lowest BCUT2D eigenvalue weighted by molar-refractivity contribution is 0.0362. The van der Waals surface area contributed by atoms with Crippen molar-refractivity contribution in [2.24, 2.45) is 0 Å². The monoisotopic (exact) mass is 464 g/mol. The van der Waals surface area contributed by atoms with Crippen LogP contribution in [0.4, 0.5) is 5.95 Å². The van der Waals surface area contributed by atoms with E-state index in [1.165, 1.54) is 49.7 Å². The molecule has 0 radical (unpaired) electrons. The highest BCUT2D eigenvalue weighted by Gasteiger charge is 2.40. The number of hydrogen-bond donors (Lipinski definition) is 1. The molecule has 180 valence electrons. The van der Waals surface area contributed by atoms with Crippen LogP contribution >= 0.6 is 0 Å². The Morgan fingerprint density at radius 2 is 1.40 bits per heavy atom. The standard InChI is InChI=1S/C31H36N4/c32-30-33-29-27(24-12-5-3-6-13-24)16-11-17-28(29)35(30)26-18-22-34(23-19-26)31(20-9-1-2-10-21-31)25-14-7-4-8-15-25/h3-8,11-17,26H,1-2,9-10,18-23H2,(H2,32,33). The number of fused-ring (bicyclic) bond motifs is 1. The summed E-state index contributed by atoms with van der Waals surface area (Å²) < 4.78 is 2.32. The van der Waals surface area contributed by atoms with Gasteiger partial charge in [-0.3, -0.25) is 4.90 Å². The summed E-state index contributed by atoms with van der Waals surface area (Å²) in [5, 5.41) is 0. The highest BCUT2D eigenvalue weighted by Crippen LogP contribution is 2.44. The molecule has 2 aliphatic rings. The van der Waals surface area contributed by atoms with E-state index in [-0.39, 0.29) is 5.54 Å². The van der Waals surface area contributed by atoms with Gasteiger partial charge >= 0.3 is 0 Å². The molecule has 4 heteroatoms. The van der Waals surface area contributed by atoms with Gasteiger partial charge in [0.1, 0.15) is 0 Å². The van der Waals surface area contributed by atoms with Crippen LogP contribution in [0.15, 0.2) is 78.9 Å². The molecule has 0 atom stereocenters. The van der Waals surface area contributed by atoms with Gasteiger partial charge in [-0.25, -0.2) is 4.98 Å². The SMILES string of the molecule is Nc1nc2c(-c3ccccc3)cccc2n1C1CCN(C2(c3ccccc3)CCCCCC2)CC1. The number of nitrogens with zero attached hydrogens (tertiary/aromatic N) is 3. The largest absolute Gasteiger partial charge is 0.369 e. The van der Waals surface area contributed by atoms with Crippen molar-refractivity contribution in [3.05, 3.63) is 84.4 Å². The second-order valence-corrected chi connectivity index (χ2v) is 10.4. The Balaban J connectivity index is 1.29. The molecule has 1 saturated carbocycles. The molecule has 1 aliphatic carbocycles. The molecule has 3 aromatic carbocycles. The predicted molar refractivity (Wildman–Crippen MR) is 145 cm³/mol. The number of para-hydroxylation sites is 1. The van der Waals surface area contributed by atoms with Gasteiger partial charge in [0, 0.05) is 30.2 Å². The van der Waals surface area contributed by atoms with Crippen molar-refractivity contribution in [1.29, 1.82) is 0 Å².